The number of aromatic nitrogens is 1. The molecule has 0 aliphatic heterocycles. The molecular weight excluding hydrogens is 208 g/mol. The highest BCUT2D eigenvalue weighted by Crippen LogP contribution is 2.11. The van der Waals surface area contributed by atoms with Crippen molar-refractivity contribution in [2.75, 3.05) is 0 Å². The van der Waals surface area contributed by atoms with Crippen molar-refractivity contribution < 1.29 is 0 Å². The first kappa shape index (κ1) is 11.8. The van der Waals surface area contributed by atoms with E-state index in [-0.39, 0.29) is 6.04 Å². The Balaban J connectivity index is 1.97. The summed E-state index contributed by atoms with van der Waals surface area (Å²) in [5.41, 5.74) is 3.75. The Labute approximate surface area is 103 Å². The zero-order valence-corrected chi connectivity index (χ0v) is 10.4. The molecule has 0 spiro atoms. The van der Waals surface area contributed by atoms with Crippen LogP contribution in [0.2, 0.25) is 0 Å². The van der Waals surface area contributed by atoms with Gasteiger partial charge in [0.1, 0.15) is 0 Å². The Morgan fingerprint density at radius 2 is 1.88 bits per heavy atom. The number of pyridine rings is 1. The minimum absolute atomic E-state index is 0.274. The van der Waals surface area contributed by atoms with Gasteiger partial charge in [0, 0.05) is 18.8 Å². The molecule has 0 amide bonds. The molecule has 2 nitrogen and oxygen atoms in total. The zero-order chi connectivity index (χ0) is 12.1. The SMILES string of the molecule is Cc1ccccc1CNC(C)c1ccccn1. The monoisotopic (exact) mass is 226 g/mol. The third-order valence-corrected chi connectivity index (χ3v) is 2.99. The fraction of sp³-hybridized carbons (Fsp3) is 0.267. The van der Waals surface area contributed by atoms with Crippen LogP contribution in [-0.2, 0) is 6.54 Å². The lowest BCUT2D eigenvalue weighted by atomic mass is 10.1. The van der Waals surface area contributed by atoms with Gasteiger partial charge in [-0.25, -0.2) is 0 Å². The first-order valence-electron chi connectivity index (χ1n) is 5.96. The summed E-state index contributed by atoms with van der Waals surface area (Å²) < 4.78 is 0. The molecule has 0 fully saturated rings. The van der Waals surface area contributed by atoms with Crippen molar-refractivity contribution >= 4 is 0 Å². The Bertz CT molecular complexity index is 465. The Hall–Kier alpha value is -1.67. The average Bonchev–Trinajstić information content (AvgIpc) is 2.38. The normalized spacial score (nSPS) is 12.4. The van der Waals surface area contributed by atoms with E-state index in [1.807, 2.05) is 18.3 Å². The number of nitrogens with one attached hydrogen (secondary N) is 1. The fourth-order valence-corrected chi connectivity index (χ4v) is 1.81. The lowest BCUT2D eigenvalue weighted by Crippen LogP contribution is -2.19. The molecule has 0 aliphatic carbocycles. The van der Waals surface area contributed by atoms with Crippen molar-refractivity contribution in [1.82, 2.24) is 10.3 Å². The summed E-state index contributed by atoms with van der Waals surface area (Å²) in [5.74, 6) is 0. The molecule has 1 aromatic carbocycles. The minimum Gasteiger partial charge on any atom is -0.305 e. The average molecular weight is 226 g/mol. The Kier molecular flexibility index (Phi) is 3.89. The summed E-state index contributed by atoms with van der Waals surface area (Å²) in [6.45, 7) is 5.16. The predicted molar refractivity (Wildman–Crippen MR) is 70.7 cm³/mol. The van der Waals surface area contributed by atoms with Crippen LogP contribution in [-0.4, -0.2) is 4.98 Å². The molecule has 1 unspecified atom stereocenters. The number of hydrogen-bond donors (Lipinski definition) is 1. The van der Waals surface area contributed by atoms with E-state index in [0.29, 0.717) is 0 Å². The van der Waals surface area contributed by atoms with E-state index in [4.69, 9.17) is 0 Å². The molecule has 1 atom stereocenters. The molecular formula is C15H18N2. The topological polar surface area (TPSA) is 24.9 Å². The van der Waals surface area contributed by atoms with Crippen LogP contribution in [0.5, 0.6) is 0 Å². The van der Waals surface area contributed by atoms with Gasteiger partial charge in [-0.1, -0.05) is 30.3 Å². The summed E-state index contributed by atoms with van der Waals surface area (Å²) in [6, 6.07) is 14.7. The Morgan fingerprint density at radius 3 is 2.59 bits per heavy atom. The maximum absolute atomic E-state index is 4.35. The van der Waals surface area contributed by atoms with E-state index in [2.05, 4.69) is 54.5 Å². The first-order chi connectivity index (χ1) is 8.27. The van der Waals surface area contributed by atoms with Crippen LogP contribution in [0.4, 0.5) is 0 Å². The molecule has 0 radical (unpaired) electrons. The number of aryl methyl sites for hydroxylation is 1. The molecule has 2 rings (SSSR count). The van der Waals surface area contributed by atoms with E-state index in [1.165, 1.54) is 11.1 Å². The molecule has 1 N–H and O–H groups in total. The highest BCUT2D eigenvalue weighted by atomic mass is 14.9. The van der Waals surface area contributed by atoms with Crippen LogP contribution in [0.15, 0.2) is 48.7 Å². The summed E-state index contributed by atoms with van der Waals surface area (Å²) in [4.78, 5) is 4.35. The maximum Gasteiger partial charge on any atom is 0.0570 e. The molecule has 0 bridgehead atoms. The second kappa shape index (κ2) is 5.60. The zero-order valence-electron chi connectivity index (χ0n) is 10.4. The van der Waals surface area contributed by atoms with Crippen LogP contribution in [0.1, 0.15) is 29.8 Å². The molecule has 2 aromatic rings. The van der Waals surface area contributed by atoms with Gasteiger partial charge in [-0.15, -0.1) is 0 Å². The predicted octanol–water partition coefficient (Wildman–Crippen LogP) is 3.24. The molecule has 0 aliphatic rings. The minimum atomic E-state index is 0.274. The molecule has 88 valence electrons. The van der Waals surface area contributed by atoms with Crippen molar-refractivity contribution in [3.05, 3.63) is 65.5 Å². The third kappa shape index (κ3) is 3.14. The van der Waals surface area contributed by atoms with Gasteiger partial charge in [0.25, 0.3) is 0 Å². The van der Waals surface area contributed by atoms with Gasteiger partial charge in [0.15, 0.2) is 0 Å². The summed E-state index contributed by atoms with van der Waals surface area (Å²) in [6.07, 6.45) is 1.83. The fourth-order valence-electron chi connectivity index (χ4n) is 1.81. The van der Waals surface area contributed by atoms with E-state index in [0.717, 1.165) is 12.2 Å². The summed E-state index contributed by atoms with van der Waals surface area (Å²) in [5, 5.41) is 3.49. The van der Waals surface area contributed by atoms with Crippen molar-refractivity contribution in [2.45, 2.75) is 26.4 Å². The molecule has 1 aromatic heterocycles. The van der Waals surface area contributed by atoms with Gasteiger partial charge < -0.3 is 5.32 Å². The van der Waals surface area contributed by atoms with Gasteiger partial charge in [-0.05, 0) is 37.1 Å². The molecule has 17 heavy (non-hydrogen) atoms. The van der Waals surface area contributed by atoms with Crippen LogP contribution in [0.25, 0.3) is 0 Å². The second-order valence-corrected chi connectivity index (χ2v) is 4.28. The number of rotatable bonds is 4. The van der Waals surface area contributed by atoms with Gasteiger partial charge in [0.2, 0.25) is 0 Å². The molecule has 0 saturated heterocycles. The van der Waals surface area contributed by atoms with Gasteiger partial charge in [-0.3, -0.25) is 4.98 Å². The van der Waals surface area contributed by atoms with Crippen LogP contribution >= 0.6 is 0 Å². The standard InChI is InChI=1S/C15H18N2/c1-12-7-3-4-8-14(12)11-17-13(2)15-9-5-6-10-16-15/h3-10,13,17H,11H2,1-2H3. The quantitative estimate of drug-likeness (QED) is 0.865. The first-order valence-corrected chi connectivity index (χ1v) is 5.96. The maximum atomic E-state index is 4.35. The van der Waals surface area contributed by atoms with E-state index >= 15 is 0 Å². The molecule has 2 heteroatoms. The largest absolute Gasteiger partial charge is 0.305 e. The van der Waals surface area contributed by atoms with Crippen LogP contribution < -0.4 is 5.32 Å². The van der Waals surface area contributed by atoms with Gasteiger partial charge in [-0.2, -0.15) is 0 Å². The summed E-state index contributed by atoms with van der Waals surface area (Å²) in [7, 11) is 0. The smallest absolute Gasteiger partial charge is 0.0570 e. The van der Waals surface area contributed by atoms with Crippen molar-refractivity contribution in [3.8, 4) is 0 Å². The highest BCUT2D eigenvalue weighted by molar-refractivity contribution is 5.25. The van der Waals surface area contributed by atoms with Crippen LogP contribution in [0, 0.1) is 6.92 Å². The van der Waals surface area contributed by atoms with Crippen LogP contribution in [0.3, 0.4) is 0 Å². The Morgan fingerprint density at radius 1 is 1.12 bits per heavy atom. The highest BCUT2D eigenvalue weighted by Gasteiger charge is 2.05. The number of nitrogens with zero attached hydrogens (tertiary/aromatic N) is 1. The number of hydrogen-bond acceptors (Lipinski definition) is 2. The lowest BCUT2D eigenvalue weighted by molar-refractivity contribution is 0.560. The van der Waals surface area contributed by atoms with E-state index in [9.17, 15) is 0 Å². The summed E-state index contributed by atoms with van der Waals surface area (Å²) >= 11 is 0. The van der Waals surface area contributed by atoms with Crippen molar-refractivity contribution in [2.24, 2.45) is 0 Å². The van der Waals surface area contributed by atoms with E-state index in [1.54, 1.807) is 0 Å². The van der Waals surface area contributed by atoms with Crippen molar-refractivity contribution in [3.63, 3.8) is 0 Å². The van der Waals surface area contributed by atoms with E-state index < -0.39 is 0 Å². The molecule has 1 heterocycles. The second-order valence-electron chi connectivity index (χ2n) is 4.28. The van der Waals surface area contributed by atoms with Crippen molar-refractivity contribution in [1.29, 1.82) is 0 Å². The lowest BCUT2D eigenvalue weighted by Gasteiger charge is -2.14. The molecule has 0 saturated carbocycles. The number of benzene rings is 1. The van der Waals surface area contributed by atoms with Gasteiger partial charge in [0.05, 0.1) is 5.69 Å². The van der Waals surface area contributed by atoms with Gasteiger partial charge >= 0.3 is 0 Å². The third-order valence-electron chi connectivity index (χ3n) is 2.99.